The molecule has 104 valence electrons. The van der Waals surface area contributed by atoms with Crippen molar-refractivity contribution < 1.29 is 21.5 Å². The summed E-state index contributed by atoms with van der Waals surface area (Å²) in [5.41, 5.74) is 5.89. The van der Waals surface area contributed by atoms with Crippen LogP contribution in [0.15, 0.2) is 42.5 Å². The number of hydrogen-bond acceptors (Lipinski definition) is 1. The van der Waals surface area contributed by atoms with Gasteiger partial charge in [-0.05, 0) is 0 Å². The van der Waals surface area contributed by atoms with Crippen LogP contribution in [0.1, 0.15) is 35.2 Å². The van der Waals surface area contributed by atoms with Crippen molar-refractivity contribution in [1.82, 2.24) is 3.11 Å². The van der Waals surface area contributed by atoms with Gasteiger partial charge < -0.3 is 0 Å². The van der Waals surface area contributed by atoms with Gasteiger partial charge >= 0.3 is 136 Å². The molecule has 0 radical (unpaired) electrons. The Hall–Kier alpha value is -0.580. The summed E-state index contributed by atoms with van der Waals surface area (Å²) in [5.74, 6) is 0. The molecule has 2 atom stereocenters. The maximum absolute atomic E-state index is 6.28. The molecule has 0 aliphatic carbocycles. The van der Waals surface area contributed by atoms with E-state index in [1.807, 2.05) is 6.07 Å². The maximum atomic E-state index is 6.28. The first-order valence-corrected chi connectivity index (χ1v) is 10.3. The standard InChI is InChI=1S/C17H16ClIN/c1-17-14-6-4-3-5-13(14)16(20(17)19-2)9-11-7-8-12(18)10-15(11)17/h3-8,10,16H,9H2,1-2H3/q-1. The van der Waals surface area contributed by atoms with E-state index in [0.29, 0.717) is 6.04 Å². The first-order chi connectivity index (χ1) is 9.66. The van der Waals surface area contributed by atoms with E-state index in [2.05, 4.69) is 51.4 Å². The molecule has 2 heterocycles. The molecule has 2 unspecified atom stereocenters. The Morgan fingerprint density at radius 3 is 2.80 bits per heavy atom. The van der Waals surface area contributed by atoms with Gasteiger partial charge in [0.2, 0.25) is 0 Å². The molecule has 2 bridgehead atoms. The van der Waals surface area contributed by atoms with Gasteiger partial charge in [-0.1, -0.05) is 0 Å². The molecule has 0 spiro atoms. The molecule has 0 N–H and O–H groups in total. The van der Waals surface area contributed by atoms with Gasteiger partial charge in [-0.3, -0.25) is 0 Å². The SMILES string of the molecule is C[I-]N1C2Cc3ccc(Cl)cc3C1(C)c1ccccc12. The Bertz CT molecular complexity index is 699. The Morgan fingerprint density at radius 2 is 2.00 bits per heavy atom. The fourth-order valence-electron chi connectivity index (χ4n) is 3.90. The average molecular weight is 397 g/mol. The van der Waals surface area contributed by atoms with Crippen LogP contribution in [0.3, 0.4) is 0 Å². The van der Waals surface area contributed by atoms with Crippen molar-refractivity contribution in [3.63, 3.8) is 0 Å². The van der Waals surface area contributed by atoms with Crippen LogP contribution in [-0.4, -0.2) is 8.04 Å². The summed E-state index contributed by atoms with van der Waals surface area (Å²) in [6, 6.07) is 15.9. The van der Waals surface area contributed by atoms with Gasteiger partial charge in [0.25, 0.3) is 0 Å². The van der Waals surface area contributed by atoms with Gasteiger partial charge in [0.15, 0.2) is 0 Å². The van der Waals surface area contributed by atoms with Crippen LogP contribution in [0.25, 0.3) is 0 Å². The second-order valence-electron chi connectivity index (χ2n) is 5.66. The van der Waals surface area contributed by atoms with Crippen molar-refractivity contribution in [2.75, 3.05) is 4.93 Å². The first kappa shape index (κ1) is 13.1. The molecule has 3 heteroatoms. The molecule has 4 rings (SSSR count). The molecule has 2 aliphatic heterocycles. The van der Waals surface area contributed by atoms with Crippen LogP contribution in [-0.2, 0) is 12.0 Å². The molecule has 2 aromatic rings. The molecular formula is C17H16ClIN-. The fourth-order valence-corrected chi connectivity index (χ4v) is 6.73. The van der Waals surface area contributed by atoms with Crippen molar-refractivity contribution in [3.8, 4) is 0 Å². The summed E-state index contributed by atoms with van der Waals surface area (Å²) in [6.45, 7) is 2.38. The fraction of sp³-hybridized carbons (Fsp3) is 0.294. The van der Waals surface area contributed by atoms with E-state index in [-0.39, 0.29) is 27.0 Å². The van der Waals surface area contributed by atoms with Crippen LogP contribution < -0.4 is 21.5 Å². The Balaban J connectivity index is 2.05. The van der Waals surface area contributed by atoms with E-state index in [1.165, 1.54) is 22.3 Å². The number of hydrogen-bond donors (Lipinski definition) is 0. The van der Waals surface area contributed by atoms with Crippen LogP contribution >= 0.6 is 11.6 Å². The van der Waals surface area contributed by atoms with E-state index >= 15 is 0 Å². The predicted octanol–water partition coefficient (Wildman–Crippen LogP) is 1.15. The van der Waals surface area contributed by atoms with Crippen molar-refractivity contribution >= 4 is 11.6 Å². The van der Waals surface area contributed by atoms with E-state index in [9.17, 15) is 0 Å². The van der Waals surface area contributed by atoms with Crippen molar-refractivity contribution in [2.45, 2.75) is 24.9 Å². The quantitative estimate of drug-likeness (QED) is 0.397. The number of halogens is 2. The molecule has 1 nitrogen and oxygen atoms in total. The second-order valence-corrected chi connectivity index (χ2v) is 8.10. The molecule has 0 saturated heterocycles. The number of alkyl halides is 1. The third-order valence-corrected chi connectivity index (χ3v) is 7.65. The molecule has 0 amide bonds. The van der Waals surface area contributed by atoms with Crippen LogP contribution in [0, 0.1) is 0 Å². The number of fused-ring (bicyclic) bond motifs is 7. The molecule has 0 saturated carbocycles. The molecular weight excluding hydrogens is 381 g/mol. The summed E-state index contributed by atoms with van der Waals surface area (Å²) in [7, 11) is 0. The summed E-state index contributed by atoms with van der Waals surface area (Å²) < 4.78 is 2.73. The monoisotopic (exact) mass is 396 g/mol. The van der Waals surface area contributed by atoms with Gasteiger partial charge in [0.1, 0.15) is 0 Å². The minimum absolute atomic E-state index is 0.0156. The van der Waals surface area contributed by atoms with Gasteiger partial charge in [0, 0.05) is 0 Å². The zero-order valence-corrected chi connectivity index (χ0v) is 14.4. The van der Waals surface area contributed by atoms with Gasteiger partial charge in [-0.2, -0.15) is 0 Å². The molecule has 2 aromatic carbocycles. The van der Waals surface area contributed by atoms with Crippen LogP contribution in [0.2, 0.25) is 5.02 Å². The van der Waals surface area contributed by atoms with Gasteiger partial charge in [-0.15, -0.1) is 0 Å². The average Bonchev–Trinajstić information content (AvgIpc) is 2.65. The molecule has 0 fully saturated rings. The van der Waals surface area contributed by atoms with E-state index < -0.39 is 0 Å². The van der Waals surface area contributed by atoms with E-state index in [1.54, 1.807) is 0 Å². The minimum atomic E-state index is 0.0156. The molecule has 0 aromatic heterocycles. The molecule has 2 aliphatic rings. The topological polar surface area (TPSA) is 3.24 Å². The summed E-state index contributed by atoms with van der Waals surface area (Å²) in [6.07, 6.45) is 1.12. The Morgan fingerprint density at radius 1 is 1.20 bits per heavy atom. The zero-order chi connectivity index (χ0) is 13.9. The Labute approximate surface area is 135 Å². The second kappa shape index (κ2) is 4.46. The molecule has 20 heavy (non-hydrogen) atoms. The number of nitrogens with zero attached hydrogens (tertiary/aromatic N) is 1. The first-order valence-electron chi connectivity index (χ1n) is 6.83. The number of benzene rings is 2. The van der Waals surface area contributed by atoms with Gasteiger partial charge in [0.05, 0.1) is 0 Å². The third-order valence-electron chi connectivity index (χ3n) is 4.74. The Kier molecular flexibility index (Phi) is 2.92. The van der Waals surface area contributed by atoms with Crippen molar-refractivity contribution in [1.29, 1.82) is 0 Å². The van der Waals surface area contributed by atoms with Crippen LogP contribution in [0.5, 0.6) is 0 Å². The summed E-state index contributed by atoms with van der Waals surface area (Å²) in [4.78, 5) is 2.37. The summed E-state index contributed by atoms with van der Waals surface area (Å²) >= 11 is 6.31. The zero-order valence-electron chi connectivity index (χ0n) is 11.5. The number of rotatable bonds is 1. The predicted molar refractivity (Wildman–Crippen MR) is 78.6 cm³/mol. The van der Waals surface area contributed by atoms with Crippen molar-refractivity contribution in [3.05, 3.63) is 69.7 Å². The normalized spacial score (nSPS) is 27.4. The summed E-state index contributed by atoms with van der Waals surface area (Å²) in [5, 5.41) is 0.849. The van der Waals surface area contributed by atoms with Crippen molar-refractivity contribution in [2.24, 2.45) is 0 Å². The third kappa shape index (κ3) is 1.53. The van der Waals surface area contributed by atoms with Gasteiger partial charge in [-0.25, -0.2) is 0 Å². The van der Waals surface area contributed by atoms with Crippen LogP contribution in [0.4, 0.5) is 0 Å². The van der Waals surface area contributed by atoms with E-state index in [4.69, 9.17) is 11.6 Å². The van der Waals surface area contributed by atoms with E-state index in [0.717, 1.165) is 11.4 Å².